The van der Waals surface area contributed by atoms with Crippen LogP contribution in [0.3, 0.4) is 0 Å². The summed E-state index contributed by atoms with van der Waals surface area (Å²) in [5, 5.41) is 26.3. The summed E-state index contributed by atoms with van der Waals surface area (Å²) >= 11 is 0. The highest BCUT2D eigenvalue weighted by atomic mass is 16.3. The van der Waals surface area contributed by atoms with Crippen molar-refractivity contribution in [2.24, 2.45) is 0 Å². The van der Waals surface area contributed by atoms with Gasteiger partial charge in [0.05, 0.1) is 24.9 Å². The van der Waals surface area contributed by atoms with Crippen molar-refractivity contribution in [3.63, 3.8) is 0 Å². The second-order valence-corrected chi connectivity index (χ2v) is 3.77. The maximum Gasteiger partial charge on any atom is 0.108 e. The Balaban J connectivity index is 2.12. The molecule has 5 heteroatoms. The first-order valence-electron chi connectivity index (χ1n) is 5.01. The molecule has 1 fully saturated rings. The Morgan fingerprint density at radius 2 is 2.21 bits per heavy atom. The van der Waals surface area contributed by atoms with Crippen molar-refractivity contribution in [1.82, 2.24) is 15.0 Å². The van der Waals surface area contributed by atoms with Gasteiger partial charge >= 0.3 is 0 Å². The van der Waals surface area contributed by atoms with Crippen LogP contribution in [-0.2, 0) is 6.61 Å². The monoisotopic (exact) mass is 197 g/mol. The van der Waals surface area contributed by atoms with E-state index in [1.165, 1.54) is 0 Å². The molecule has 1 aliphatic carbocycles. The van der Waals surface area contributed by atoms with Crippen molar-refractivity contribution < 1.29 is 10.2 Å². The minimum absolute atomic E-state index is 0.0385. The van der Waals surface area contributed by atoms with Crippen LogP contribution in [0.2, 0.25) is 0 Å². The number of aliphatic hydroxyl groups excluding tert-OH is 2. The van der Waals surface area contributed by atoms with E-state index in [0.29, 0.717) is 5.69 Å². The van der Waals surface area contributed by atoms with Crippen molar-refractivity contribution in [2.45, 2.75) is 44.4 Å². The molecular weight excluding hydrogens is 182 g/mol. The molecule has 2 rings (SSSR count). The van der Waals surface area contributed by atoms with Crippen molar-refractivity contribution >= 4 is 0 Å². The Morgan fingerprint density at radius 1 is 1.43 bits per heavy atom. The summed E-state index contributed by atoms with van der Waals surface area (Å²) in [5.41, 5.74) is 0.558. The zero-order valence-electron chi connectivity index (χ0n) is 8.00. The average Bonchev–Trinajstić information content (AvgIpc) is 2.67. The van der Waals surface area contributed by atoms with Crippen molar-refractivity contribution in [1.29, 1.82) is 0 Å². The molecule has 1 aliphatic rings. The lowest BCUT2D eigenvalue weighted by atomic mass is 9.93. The van der Waals surface area contributed by atoms with Crippen LogP contribution in [0.1, 0.15) is 37.4 Å². The van der Waals surface area contributed by atoms with Gasteiger partial charge in [-0.15, -0.1) is 5.10 Å². The second kappa shape index (κ2) is 4.06. The van der Waals surface area contributed by atoms with E-state index >= 15 is 0 Å². The lowest BCUT2D eigenvalue weighted by molar-refractivity contribution is 0.0684. The fourth-order valence-corrected chi connectivity index (χ4v) is 1.95. The molecule has 5 nitrogen and oxygen atoms in total. The Kier molecular flexibility index (Phi) is 2.79. The first-order chi connectivity index (χ1) is 6.81. The first-order valence-corrected chi connectivity index (χ1v) is 5.01. The third kappa shape index (κ3) is 1.78. The zero-order chi connectivity index (χ0) is 9.97. The Bertz CT molecular complexity index is 300. The Hall–Kier alpha value is -0.940. The van der Waals surface area contributed by atoms with Crippen LogP contribution in [0.5, 0.6) is 0 Å². The first kappa shape index (κ1) is 9.61. The van der Waals surface area contributed by atoms with Gasteiger partial charge in [-0.3, -0.25) is 0 Å². The molecule has 0 radical (unpaired) electrons. The van der Waals surface area contributed by atoms with Crippen LogP contribution in [0.4, 0.5) is 0 Å². The molecule has 1 saturated carbocycles. The summed E-state index contributed by atoms with van der Waals surface area (Å²) in [6.45, 7) is -0.0944. The Morgan fingerprint density at radius 3 is 2.86 bits per heavy atom. The maximum absolute atomic E-state index is 9.75. The van der Waals surface area contributed by atoms with E-state index < -0.39 is 0 Å². The summed E-state index contributed by atoms with van der Waals surface area (Å²) < 4.78 is 1.68. The molecule has 0 saturated heterocycles. The van der Waals surface area contributed by atoms with Gasteiger partial charge in [0.2, 0.25) is 0 Å². The molecule has 2 N–H and O–H groups in total. The number of aromatic nitrogens is 3. The van der Waals surface area contributed by atoms with Gasteiger partial charge in [0.1, 0.15) is 5.69 Å². The number of hydrogen-bond acceptors (Lipinski definition) is 4. The molecule has 0 spiro atoms. The van der Waals surface area contributed by atoms with Crippen LogP contribution in [0.15, 0.2) is 6.20 Å². The normalized spacial score (nSPS) is 27.9. The highest BCUT2D eigenvalue weighted by Gasteiger charge is 2.25. The van der Waals surface area contributed by atoms with E-state index in [1.54, 1.807) is 10.9 Å². The molecule has 14 heavy (non-hydrogen) atoms. The van der Waals surface area contributed by atoms with Gasteiger partial charge in [0.15, 0.2) is 0 Å². The molecule has 0 aromatic carbocycles. The zero-order valence-corrected chi connectivity index (χ0v) is 8.00. The largest absolute Gasteiger partial charge is 0.391 e. The minimum Gasteiger partial charge on any atom is -0.391 e. The van der Waals surface area contributed by atoms with Crippen molar-refractivity contribution in [3.05, 3.63) is 11.9 Å². The van der Waals surface area contributed by atoms with E-state index in [9.17, 15) is 5.11 Å². The van der Waals surface area contributed by atoms with E-state index in [0.717, 1.165) is 25.7 Å². The number of nitrogens with zero attached hydrogens (tertiary/aromatic N) is 3. The topological polar surface area (TPSA) is 71.2 Å². The molecule has 0 aliphatic heterocycles. The van der Waals surface area contributed by atoms with E-state index in [2.05, 4.69) is 10.3 Å². The fraction of sp³-hybridized carbons (Fsp3) is 0.778. The molecule has 0 bridgehead atoms. The van der Waals surface area contributed by atoms with Crippen molar-refractivity contribution in [3.8, 4) is 0 Å². The number of hydrogen-bond donors (Lipinski definition) is 2. The summed E-state index contributed by atoms with van der Waals surface area (Å²) in [7, 11) is 0. The quantitative estimate of drug-likeness (QED) is 0.712. The Labute approximate surface area is 82.4 Å². The summed E-state index contributed by atoms with van der Waals surface area (Å²) in [5.74, 6) is 0. The molecule has 2 atom stereocenters. The summed E-state index contributed by atoms with van der Waals surface area (Å²) in [6, 6.07) is 0.0385. The highest BCUT2D eigenvalue weighted by molar-refractivity contribution is 4.92. The molecular formula is C9H15N3O2. The van der Waals surface area contributed by atoms with Crippen LogP contribution in [0.25, 0.3) is 0 Å². The van der Waals surface area contributed by atoms with Crippen LogP contribution >= 0.6 is 0 Å². The van der Waals surface area contributed by atoms with Gasteiger partial charge in [0, 0.05) is 0 Å². The smallest absolute Gasteiger partial charge is 0.108 e. The summed E-state index contributed by atoms with van der Waals surface area (Å²) in [4.78, 5) is 0. The predicted molar refractivity (Wildman–Crippen MR) is 49.5 cm³/mol. The molecule has 78 valence electrons. The minimum atomic E-state index is -0.322. The highest BCUT2D eigenvalue weighted by Crippen LogP contribution is 2.27. The number of aliphatic hydroxyl groups is 2. The fourth-order valence-electron chi connectivity index (χ4n) is 1.95. The van der Waals surface area contributed by atoms with Gasteiger partial charge in [-0.1, -0.05) is 18.1 Å². The van der Waals surface area contributed by atoms with Crippen LogP contribution < -0.4 is 0 Å². The second-order valence-electron chi connectivity index (χ2n) is 3.77. The lowest BCUT2D eigenvalue weighted by Crippen LogP contribution is -2.27. The predicted octanol–water partition coefficient (Wildman–Crippen LogP) is 0.246. The summed E-state index contributed by atoms with van der Waals surface area (Å²) in [6.07, 6.45) is 5.36. The van der Waals surface area contributed by atoms with E-state index in [1.807, 2.05) is 0 Å². The van der Waals surface area contributed by atoms with E-state index in [4.69, 9.17) is 5.11 Å². The molecule has 0 amide bonds. The number of rotatable bonds is 2. The van der Waals surface area contributed by atoms with Gasteiger partial charge in [-0.05, 0) is 12.8 Å². The standard InChI is InChI=1S/C9H15N3O2/c13-6-7-5-12(11-10-7)8-3-1-2-4-9(8)14/h5,8-9,13-14H,1-4,6H2. The molecule has 1 heterocycles. The average molecular weight is 197 g/mol. The molecule has 1 aromatic rings. The lowest BCUT2D eigenvalue weighted by Gasteiger charge is -2.27. The van der Waals surface area contributed by atoms with Crippen molar-refractivity contribution in [2.75, 3.05) is 0 Å². The van der Waals surface area contributed by atoms with Crippen LogP contribution in [-0.4, -0.2) is 31.3 Å². The maximum atomic E-state index is 9.75. The van der Waals surface area contributed by atoms with Gasteiger partial charge in [-0.2, -0.15) is 0 Å². The SMILES string of the molecule is OCc1cn(C2CCCCC2O)nn1. The van der Waals surface area contributed by atoms with Crippen LogP contribution in [0, 0.1) is 0 Å². The third-order valence-electron chi connectivity index (χ3n) is 2.75. The molecule has 2 unspecified atom stereocenters. The molecule has 1 aromatic heterocycles. The van der Waals surface area contributed by atoms with Gasteiger partial charge in [-0.25, -0.2) is 4.68 Å². The third-order valence-corrected chi connectivity index (χ3v) is 2.75. The van der Waals surface area contributed by atoms with E-state index in [-0.39, 0.29) is 18.8 Å². The van der Waals surface area contributed by atoms with Gasteiger partial charge in [0.25, 0.3) is 0 Å². The van der Waals surface area contributed by atoms with Gasteiger partial charge < -0.3 is 10.2 Å².